The first kappa shape index (κ1) is 27.1. The molecule has 0 aromatic heterocycles. The molecule has 3 heterocycles. The summed E-state index contributed by atoms with van der Waals surface area (Å²) in [6.45, 7) is 7.18. The standard InChI is InChI=1S/C30H31ClN2O6/c1-3-16-32(21-12-10-20(31)11-13-21)28(36)26-30-15-14-23(39-30)24(29(37)38-17-4-2)25(30)27(35)33(26)22(18-34)19-8-6-5-7-9-19/h3-13,22-26,34H,1-2,14-18H2/t22-,23-,24+,25+,26?,30?/m1/s1. The lowest BCUT2D eigenvalue weighted by Crippen LogP contribution is -2.57. The summed E-state index contributed by atoms with van der Waals surface area (Å²) >= 11 is 6.10. The lowest BCUT2D eigenvalue weighted by molar-refractivity contribution is -0.154. The van der Waals surface area contributed by atoms with Crippen molar-refractivity contribution in [1.82, 2.24) is 4.90 Å². The molecule has 3 saturated heterocycles. The molecule has 0 aliphatic carbocycles. The fraction of sp³-hybridized carbons (Fsp3) is 0.367. The summed E-state index contributed by atoms with van der Waals surface area (Å²) in [7, 11) is 0. The van der Waals surface area contributed by atoms with E-state index in [2.05, 4.69) is 13.2 Å². The predicted molar refractivity (Wildman–Crippen MR) is 146 cm³/mol. The molecule has 2 unspecified atom stereocenters. The Hall–Kier alpha value is -3.46. The van der Waals surface area contributed by atoms with Crippen molar-refractivity contribution >= 4 is 35.1 Å². The number of amides is 2. The monoisotopic (exact) mass is 550 g/mol. The van der Waals surface area contributed by atoms with Gasteiger partial charge in [0.05, 0.1) is 30.6 Å². The molecule has 0 saturated carbocycles. The normalized spacial score (nSPS) is 27.6. The van der Waals surface area contributed by atoms with Crippen molar-refractivity contribution < 1.29 is 29.0 Å². The number of likely N-dealkylation sites (tertiary alicyclic amines) is 1. The van der Waals surface area contributed by atoms with Crippen LogP contribution in [-0.4, -0.2) is 65.3 Å². The molecule has 1 spiro atoms. The van der Waals surface area contributed by atoms with Gasteiger partial charge in [-0.1, -0.05) is 60.7 Å². The average molecular weight is 551 g/mol. The maximum atomic E-state index is 14.6. The van der Waals surface area contributed by atoms with Crippen LogP contribution in [0.25, 0.3) is 0 Å². The number of carbonyl (C=O) groups excluding carboxylic acids is 3. The summed E-state index contributed by atoms with van der Waals surface area (Å²) in [5.74, 6) is -3.12. The van der Waals surface area contributed by atoms with E-state index in [0.29, 0.717) is 29.1 Å². The van der Waals surface area contributed by atoms with Crippen LogP contribution in [0.5, 0.6) is 0 Å². The zero-order chi connectivity index (χ0) is 27.7. The SMILES string of the molecule is C=CCOC(=O)[C@@H]1[C@H]2C(=O)N([C@H](CO)c3ccccc3)C(C(=O)N(CC=C)c3ccc(Cl)cc3)C23CC[C@H]1O3. The Morgan fingerprint density at radius 3 is 2.54 bits per heavy atom. The fourth-order valence-corrected chi connectivity index (χ4v) is 6.59. The van der Waals surface area contributed by atoms with Crippen LogP contribution < -0.4 is 4.90 Å². The number of nitrogens with zero attached hydrogens (tertiary/aromatic N) is 2. The van der Waals surface area contributed by atoms with E-state index >= 15 is 0 Å². The minimum atomic E-state index is -1.25. The molecular formula is C30H31ClN2O6. The van der Waals surface area contributed by atoms with E-state index in [1.165, 1.54) is 15.9 Å². The zero-order valence-corrected chi connectivity index (χ0v) is 22.2. The van der Waals surface area contributed by atoms with Crippen molar-refractivity contribution in [2.45, 2.75) is 36.6 Å². The molecule has 2 amide bonds. The highest BCUT2D eigenvalue weighted by Crippen LogP contribution is 2.60. The Morgan fingerprint density at radius 2 is 1.90 bits per heavy atom. The van der Waals surface area contributed by atoms with Gasteiger partial charge in [-0.15, -0.1) is 6.58 Å². The lowest BCUT2D eigenvalue weighted by Gasteiger charge is -2.39. The second kappa shape index (κ2) is 11.0. The number of esters is 1. The number of carbonyl (C=O) groups is 3. The third-order valence-electron chi connectivity index (χ3n) is 8.00. The molecule has 2 bridgehead atoms. The van der Waals surface area contributed by atoms with Gasteiger partial charge in [0.1, 0.15) is 18.2 Å². The van der Waals surface area contributed by atoms with Crippen molar-refractivity contribution in [2.24, 2.45) is 11.8 Å². The van der Waals surface area contributed by atoms with Crippen LogP contribution >= 0.6 is 11.6 Å². The van der Waals surface area contributed by atoms with Gasteiger partial charge in [-0.3, -0.25) is 14.4 Å². The van der Waals surface area contributed by atoms with Gasteiger partial charge in [0, 0.05) is 17.3 Å². The summed E-state index contributed by atoms with van der Waals surface area (Å²) in [5, 5.41) is 11.1. The number of benzene rings is 2. The maximum Gasteiger partial charge on any atom is 0.312 e. The molecule has 9 heteroatoms. The molecule has 39 heavy (non-hydrogen) atoms. The van der Waals surface area contributed by atoms with E-state index in [-0.39, 0.29) is 19.1 Å². The number of fused-ring (bicyclic) bond motifs is 1. The summed E-state index contributed by atoms with van der Waals surface area (Å²) in [6, 6.07) is 14.0. The fourth-order valence-electron chi connectivity index (χ4n) is 6.46. The van der Waals surface area contributed by atoms with Gasteiger partial charge >= 0.3 is 5.97 Å². The molecule has 8 nitrogen and oxygen atoms in total. The van der Waals surface area contributed by atoms with Crippen molar-refractivity contribution in [3.05, 3.63) is 90.5 Å². The van der Waals surface area contributed by atoms with Crippen molar-refractivity contribution in [1.29, 1.82) is 0 Å². The van der Waals surface area contributed by atoms with Crippen LogP contribution in [-0.2, 0) is 23.9 Å². The molecule has 6 atom stereocenters. The number of aliphatic hydroxyl groups excluding tert-OH is 1. The lowest BCUT2D eigenvalue weighted by atomic mass is 9.70. The Labute approximate surface area is 232 Å². The van der Waals surface area contributed by atoms with Gasteiger partial charge in [-0.2, -0.15) is 0 Å². The third kappa shape index (κ3) is 4.46. The van der Waals surface area contributed by atoms with Gasteiger partial charge in [-0.05, 0) is 42.7 Å². The number of rotatable bonds is 10. The highest BCUT2D eigenvalue weighted by molar-refractivity contribution is 6.30. The van der Waals surface area contributed by atoms with E-state index in [0.717, 1.165) is 0 Å². The molecule has 0 radical (unpaired) electrons. The summed E-state index contributed by atoms with van der Waals surface area (Å²) in [5.41, 5.74) is 0.000923. The molecular weight excluding hydrogens is 520 g/mol. The van der Waals surface area contributed by atoms with Crippen molar-refractivity contribution in [2.75, 3.05) is 24.7 Å². The summed E-state index contributed by atoms with van der Waals surface area (Å²) in [6.07, 6.45) is 3.45. The molecule has 5 rings (SSSR count). The second-order valence-electron chi connectivity index (χ2n) is 10.0. The van der Waals surface area contributed by atoms with E-state index in [1.54, 1.807) is 42.5 Å². The predicted octanol–water partition coefficient (Wildman–Crippen LogP) is 3.70. The Bertz CT molecular complexity index is 1270. The molecule has 3 aliphatic heterocycles. The van der Waals surface area contributed by atoms with E-state index in [9.17, 15) is 19.5 Å². The second-order valence-corrected chi connectivity index (χ2v) is 10.5. The minimum absolute atomic E-state index is 0.00893. The smallest absolute Gasteiger partial charge is 0.312 e. The number of halogens is 1. The number of hydrogen-bond donors (Lipinski definition) is 1. The molecule has 3 aliphatic rings. The van der Waals surface area contributed by atoms with Crippen LogP contribution in [0.4, 0.5) is 5.69 Å². The summed E-state index contributed by atoms with van der Waals surface area (Å²) in [4.78, 5) is 45.0. The molecule has 3 fully saturated rings. The molecule has 1 N–H and O–H groups in total. The first-order valence-corrected chi connectivity index (χ1v) is 13.4. The van der Waals surface area contributed by atoms with Crippen LogP contribution in [0.3, 0.4) is 0 Å². The van der Waals surface area contributed by atoms with Crippen molar-refractivity contribution in [3.63, 3.8) is 0 Å². The van der Waals surface area contributed by atoms with Gasteiger partial charge in [0.25, 0.3) is 5.91 Å². The van der Waals surface area contributed by atoms with E-state index in [1.807, 2.05) is 18.2 Å². The van der Waals surface area contributed by atoms with Crippen LogP contribution in [0, 0.1) is 11.8 Å². The summed E-state index contributed by atoms with van der Waals surface area (Å²) < 4.78 is 11.9. The molecule has 204 valence electrons. The third-order valence-corrected chi connectivity index (χ3v) is 8.25. The average Bonchev–Trinajstić information content (AvgIpc) is 3.59. The highest BCUT2D eigenvalue weighted by Gasteiger charge is 2.75. The van der Waals surface area contributed by atoms with Gasteiger partial charge < -0.3 is 24.4 Å². The topological polar surface area (TPSA) is 96.4 Å². The minimum Gasteiger partial charge on any atom is -0.461 e. The number of aliphatic hydroxyl groups is 1. The Balaban J connectivity index is 1.63. The number of hydrogen-bond acceptors (Lipinski definition) is 6. The largest absolute Gasteiger partial charge is 0.461 e. The van der Waals surface area contributed by atoms with Crippen LogP contribution in [0.1, 0.15) is 24.4 Å². The molecule has 2 aromatic rings. The van der Waals surface area contributed by atoms with Gasteiger partial charge in [0.15, 0.2) is 0 Å². The number of anilines is 1. The van der Waals surface area contributed by atoms with Crippen molar-refractivity contribution in [3.8, 4) is 0 Å². The first-order valence-electron chi connectivity index (χ1n) is 13.0. The zero-order valence-electron chi connectivity index (χ0n) is 21.4. The Kier molecular flexibility index (Phi) is 7.62. The van der Waals surface area contributed by atoms with Crippen LogP contribution in [0.2, 0.25) is 5.02 Å². The quantitative estimate of drug-likeness (QED) is 0.358. The maximum absolute atomic E-state index is 14.6. The van der Waals surface area contributed by atoms with E-state index in [4.69, 9.17) is 21.1 Å². The number of ether oxygens (including phenoxy) is 2. The van der Waals surface area contributed by atoms with E-state index < -0.39 is 54.1 Å². The molecule has 2 aromatic carbocycles. The first-order chi connectivity index (χ1) is 18.9. The highest BCUT2D eigenvalue weighted by atomic mass is 35.5. The van der Waals surface area contributed by atoms with Gasteiger partial charge in [-0.25, -0.2) is 0 Å². The van der Waals surface area contributed by atoms with Crippen LogP contribution in [0.15, 0.2) is 79.9 Å². The van der Waals surface area contributed by atoms with Gasteiger partial charge in [0.2, 0.25) is 5.91 Å². The Morgan fingerprint density at radius 1 is 1.18 bits per heavy atom.